The first-order valence-electron chi connectivity index (χ1n) is 8.34. The molecular formula is C17H25ClN6. The van der Waals surface area contributed by atoms with Crippen molar-refractivity contribution in [2.75, 3.05) is 14.1 Å². The summed E-state index contributed by atoms with van der Waals surface area (Å²) in [5.41, 5.74) is 2.21. The fourth-order valence-corrected chi connectivity index (χ4v) is 3.42. The summed E-state index contributed by atoms with van der Waals surface area (Å²) in [5, 5.41) is 4.16. The van der Waals surface area contributed by atoms with Crippen molar-refractivity contribution in [2.45, 2.75) is 38.9 Å². The van der Waals surface area contributed by atoms with E-state index < -0.39 is 0 Å². The van der Waals surface area contributed by atoms with Crippen LogP contribution >= 0.6 is 11.6 Å². The molecule has 3 heterocycles. The molecule has 24 heavy (non-hydrogen) atoms. The van der Waals surface area contributed by atoms with Gasteiger partial charge in [-0.3, -0.25) is 4.99 Å². The van der Waals surface area contributed by atoms with E-state index in [1.165, 1.54) is 18.7 Å². The average molecular weight is 349 g/mol. The molecule has 0 fully saturated rings. The summed E-state index contributed by atoms with van der Waals surface area (Å²) in [6, 6.07) is 1.98. The van der Waals surface area contributed by atoms with Gasteiger partial charge in [0.15, 0.2) is 5.96 Å². The quantitative estimate of drug-likeness (QED) is 0.682. The van der Waals surface area contributed by atoms with E-state index in [2.05, 4.69) is 26.0 Å². The summed E-state index contributed by atoms with van der Waals surface area (Å²) in [6.45, 7) is 2.51. The molecule has 0 atom stereocenters. The highest BCUT2D eigenvalue weighted by Gasteiger charge is 2.14. The molecule has 7 heteroatoms. The topological polar surface area (TPSA) is 50.4 Å². The number of guanidine groups is 1. The van der Waals surface area contributed by atoms with Crippen molar-refractivity contribution in [3.63, 3.8) is 0 Å². The Morgan fingerprint density at radius 3 is 2.92 bits per heavy atom. The van der Waals surface area contributed by atoms with Crippen LogP contribution in [0, 0.1) is 0 Å². The van der Waals surface area contributed by atoms with Crippen molar-refractivity contribution in [3.05, 3.63) is 40.7 Å². The molecule has 0 aliphatic carbocycles. The van der Waals surface area contributed by atoms with E-state index in [0.717, 1.165) is 41.9 Å². The zero-order chi connectivity index (χ0) is 17.1. The zero-order valence-corrected chi connectivity index (χ0v) is 15.3. The highest BCUT2D eigenvalue weighted by molar-refractivity contribution is 6.30. The number of hydrogen-bond donors (Lipinski definition) is 1. The minimum atomic E-state index is 0.685. The van der Waals surface area contributed by atoms with Gasteiger partial charge in [-0.25, -0.2) is 4.98 Å². The van der Waals surface area contributed by atoms with Crippen molar-refractivity contribution in [1.82, 2.24) is 24.3 Å². The van der Waals surface area contributed by atoms with Gasteiger partial charge in [-0.2, -0.15) is 0 Å². The lowest BCUT2D eigenvalue weighted by Crippen LogP contribution is -2.38. The van der Waals surface area contributed by atoms with Crippen LogP contribution in [-0.2, 0) is 33.1 Å². The Bertz CT molecular complexity index is 706. The Balaban J connectivity index is 1.60. The lowest BCUT2D eigenvalue weighted by molar-refractivity contribution is 0.461. The van der Waals surface area contributed by atoms with E-state index in [4.69, 9.17) is 16.6 Å². The van der Waals surface area contributed by atoms with Crippen molar-refractivity contribution >= 4 is 17.6 Å². The summed E-state index contributed by atoms with van der Waals surface area (Å²) in [7, 11) is 5.82. The van der Waals surface area contributed by atoms with Gasteiger partial charge in [0.05, 0.1) is 23.8 Å². The number of aromatic nitrogens is 3. The maximum Gasteiger partial charge on any atom is 0.194 e. The monoisotopic (exact) mass is 348 g/mol. The predicted molar refractivity (Wildman–Crippen MR) is 97.3 cm³/mol. The van der Waals surface area contributed by atoms with Gasteiger partial charge in [0, 0.05) is 52.2 Å². The van der Waals surface area contributed by atoms with Crippen LogP contribution in [0.4, 0.5) is 0 Å². The maximum absolute atomic E-state index is 6.06. The Labute approximate surface area is 148 Å². The Hall–Kier alpha value is -1.95. The molecule has 0 amide bonds. The molecule has 0 aromatic carbocycles. The number of rotatable bonds is 4. The van der Waals surface area contributed by atoms with E-state index in [1.54, 1.807) is 7.05 Å². The van der Waals surface area contributed by atoms with Crippen LogP contribution in [0.1, 0.15) is 30.1 Å². The lowest BCUT2D eigenvalue weighted by Gasteiger charge is -2.22. The fraction of sp³-hybridized carbons (Fsp3) is 0.529. The van der Waals surface area contributed by atoms with Crippen LogP contribution in [0.25, 0.3) is 0 Å². The normalized spacial score (nSPS) is 14.6. The van der Waals surface area contributed by atoms with Crippen LogP contribution in [0.2, 0.25) is 5.02 Å². The second-order valence-electron chi connectivity index (χ2n) is 6.32. The largest absolute Gasteiger partial charge is 0.351 e. The van der Waals surface area contributed by atoms with E-state index in [0.29, 0.717) is 6.54 Å². The summed E-state index contributed by atoms with van der Waals surface area (Å²) >= 11 is 6.06. The van der Waals surface area contributed by atoms with E-state index in [9.17, 15) is 0 Å². The number of fused-ring (bicyclic) bond motifs is 1. The molecule has 1 aliphatic rings. The second kappa shape index (κ2) is 7.30. The summed E-state index contributed by atoms with van der Waals surface area (Å²) in [6.07, 6.45) is 7.65. The molecule has 0 radical (unpaired) electrons. The van der Waals surface area contributed by atoms with Gasteiger partial charge in [0.2, 0.25) is 0 Å². The van der Waals surface area contributed by atoms with Gasteiger partial charge >= 0.3 is 0 Å². The van der Waals surface area contributed by atoms with Crippen LogP contribution in [0.15, 0.2) is 23.5 Å². The third-order valence-electron chi connectivity index (χ3n) is 4.43. The molecule has 0 bridgehead atoms. The smallest absolute Gasteiger partial charge is 0.194 e. The SMILES string of the molecule is CN=C(NCc1cn2c(n1)CCCC2)N(C)Cc1cc(Cl)cn1C. The summed E-state index contributed by atoms with van der Waals surface area (Å²) in [5.74, 6) is 2.05. The van der Waals surface area contributed by atoms with E-state index in [1.807, 2.05) is 30.9 Å². The average Bonchev–Trinajstić information content (AvgIpc) is 3.10. The number of imidazole rings is 1. The van der Waals surface area contributed by atoms with Gasteiger partial charge in [-0.1, -0.05) is 11.6 Å². The standard InChI is InChI=1S/C17H25ClN6/c1-19-17(23(3)12-15-8-13(18)10-22(15)2)20-9-14-11-24-7-5-4-6-16(24)21-14/h8,10-11H,4-7,9,12H2,1-3H3,(H,19,20). The van der Waals surface area contributed by atoms with Gasteiger partial charge in [-0.15, -0.1) is 0 Å². The number of nitrogens with zero attached hydrogens (tertiary/aromatic N) is 5. The van der Waals surface area contributed by atoms with Crippen molar-refractivity contribution in [2.24, 2.45) is 12.0 Å². The Morgan fingerprint density at radius 1 is 1.42 bits per heavy atom. The van der Waals surface area contributed by atoms with Crippen LogP contribution in [0.3, 0.4) is 0 Å². The number of hydrogen-bond acceptors (Lipinski definition) is 2. The first kappa shape index (κ1) is 16.9. The second-order valence-corrected chi connectivity index (χ2v) is 6.75. The van der Waals surface area contributed by atoms with Crippen LogP contribution in [0.5, 0.6) is 0 Å². The van der Waals surface area contributed by atoms with E-state index in [-0.39, 0.29) is 0 Å². The van der Waals surface area contributed by atoms with Gasteiger partial charge < -0.3 is 19.4 Å². The van der Waals surface area contributed by atoms with Crippen molar-refractivity contribution < 1.29 is 0 Å². The molecule has 3 rings (SSSR count). The minimum Gasteiger partial charge on any atom is -0.351 e. The molecule has 1 N–H and O–H groups in total. The molecule has 2 aromatic rings. The van der Waals surface area contributed by atoms with Gasteiger partial charge in [0.1, 0.15) is 5.82 Å². The molecule has 0 saturated heterocycles. The number of aliphatic imine (C=N–C) groups is 1. The molecule has 1 aliphatic heterocycles. The first-order valence-corrected chi connectivity index (χ1v) is 8.72. The predicted octanol–water partition coefficient (Wildman–Crippen LogP) is 2.42. The van der Waals surface area contributed by atoms with Crippen molar-refractivity contribution in [3.8, 4) is 0 Å². The van der Waals surface area contributed by atoms with Crippen molar-refractivity contribution in [1.29, 1.82) is 0 Å². The molecule has 0 unspecified atom stereocenters. The number of halogens is 1. The Morgan fingerprint density at radius 2 is 2.25 bits per heavy atom. The summed E-state index contributed by atoms with van der Waals surface area (Å²) < 4.78 is 4.31. The summed E-state index contributed by atoms with van der Waals surface area (Å²) in [4.78, 5) is 11.2. The van der Waals surface area contributed by atoms with Gasteiger partial charge in [0.25, 0.3) is 0 Å². The number of aryl methyl sites for hydroxylation is 3. The zero-order valence-electron chi connectivity index (χ0n) is 14.6. The highest BCUT2D eigenvalue weighted by Crippen LogP contribution is 2.15. The first-order chi connectivity index (χ1) is 11.6. The highest BCUT2D eigenvalue weighted by atomic mass is 35.5. The third kappa shape index (κ3) is 3.75. The van der Waals surface area contributed by atoms with Gasteiger partial charge in [-0.05, 0) is 18.9 Å². The molecule has 2 aromatic heterocycles. The molecule has 0 spiro atoms. The fourth-order valence-electron chi connectivity index (χ4n) is 3.15. The molecule has 0 saturated carbocycles. The molecular weight excluding hydrogens is 324 g/mol. The minimum absolute atomic E-state index is 0.685. The van der Waals surface area contributed by atoms with E-state index >= 15 is 0 Å². The van der Waals surface area contributed by atoms with Crippen LogP contribution < -0.4 is 5.32 Å². The van der Waals surface area contributed by atoms with Crippen LogP contribution in [-0.4, -0.2) is 39.1 Å². The Kier molecular flexibility index (Phi) is 5.14. The molecule has 6 nitrogen and oxygen atoms in total. The third-order valence-corrected chi connectivity index (χ3v) is 4.64. The maximum atomic E-state index is 6.06. The molecule has 130 valence electrons. The number of nitrogens with one attached hydrogen (secondary N) is 1. The lowest BCUT2D eigenvalue weighted by atomic mass is 10.2.